The second kappa shape index (κ2) is 7.27. The minimum absolute atomic E-state index is 0.0261. The highest BCUT2D eigenvalue weighted by molar-refractivity contribution is 7.92. The Morgan fingerprint density at radius 1 is 1.08 bits per heavy atom. The molecule has 0 bridgehead atoms. The highest BCUT2D eigenvalue weighted by Gasteiger charge is 2.19. The molecule has 134 valence electrons. The van der Waals surface area contributed by atoms with Crippen LogP contribution in [0.15, 0.2) is 64.9 Å². The number of hydrogen-bond acceptors (Lipinski definition) is 4. The smallest absolute Gasteiger partial charge is 0.265 e. The van der Waals surface area contributed by atoms with Crippen molar-refractivity contribution in [2.24, 2.45) is 0 Å². The van der Waals surface area contributed by atoms with Gasteiger partial charge in [0.05, 0.1) is 9.77 Å². The van der Waals surface area contributed by atoms with Gasteiger partial charge >= 0.3 is 0 Å². The zero-order chi connectivity index (χ0) is 18.7. The largest absolute Gasteiger partial charge is 0.321 e. The maximum Gasteiger partial charge on any atom is 0.265 e. The first-order valence-corrected chi connectivity index (χ1v) is 9.95. The zero-order valence-electron chi connectivity index (χ0n) is 13.7. The van der Waals surface area contributed by atoms with E-state index in [0.29, 0.717) is 5.69 Å². The van der Waals surface area contributed by atoms with Gasteiger partial charge in [-0.3, -0.25) is 9.52 Å². The highest BCUT2D eigenvalue weighted by atomic mass is 32.2. The first kappa shape index (κ1) is 18.1. The quantitative estimate of drug-likeness (QED) is 0.684. The molecule has 2 aromatic carbocycles. The number of carbonyl (C=O) groups is 1. The first-order chi connectivity index (χ1) is 12.3. The summed E-state index contributed by atoms with van der Waals surface area (Å²) in [5, 5.41) is 4.15. The standard InChI is InChI=1S/C18H15FN2O3S2/c1-12-4-2-3-5-16(12)20-18(22)17-10-15(11-25-17)26(23,24)21-14-8-6-13(19)7-9-14/h2-11,21H,1H3,(H,20,22). The van der Waals surface area contributed by atoms with E-state index in [1.165, 1.54) is 23.6 Å². The van der Waals surface area contributed by atoms with Crippen LogP contribution in [-0.4, -0.2) is 14.3 Å². The van der Waals surface area contributed by atoms with Gasteiger partial charge in [0.1, 0.15) is 5.82 Å². The van der Waals surface area contributed by atoms with Gasteiger partial charge in [-0.15, -0.1) is 11.3 Å². The second-order valence-electron chi connectivity index (χ2n) is 5.53. The molecular weight excluding hydrogens is 375 g/mol. The van der Waals surface area contributed by atoms with Crippen LogP contribution in [0.1, 0.15) is 15.2 Å². The van der Waals surface area contributed by atoms with Crippen LogP contribution in [0.4, 0.5) is 15.8 Å². The number of para-hydroxylation sites is 1. The number of hydrogen-bond donors (Lipinski definition) is 2. The Kier molecular flexibility index (Phi) is 5.06. The summed E-state index contributed by atoms with van der Waals surface area (Å²) in [6, 6.07) is 13.6. The molecule has 0 aliphatic carbocycles. The van der Waals surface area contributed by atoms with Crippen molar-refractivity contribution in [1.82, 2.24) is 0 Å². The van der Waals surface area contributed by atoms with Crippen LogP contribution < -0.4 is 10.0 Å². The number of rotatable bonds is 5. The van der Waals surface area contributed by atoms with E-state index >= 15 is 0 Å². The molecule has 2 N–H and O–H groups in total. The summed E-state index contributed by atoms with van der Waals surface area (Å²) < 4.78 is 40.1. The number of thiophene rings is 1. The van der Waals surface area contributed by atoms with Gasteiger partial charge in [-0.1, -0.05) is 18.2 Å². The minimum atomic E-state index is -3.86. The molecule has 1 amide bonds. The van der Waals surface area contributed by atoms with E-state index in [9.17, 15) is 17.6 Å². The fraction of sp³-hybridized carbons (Fsp3) is 0.0556. The van der Waals surface area contributed by atoms with Crippen molar-refractivity contribution in [1.29, 1.82) is 0 Å². The zero-order valence-corrected chi connectivity index (χ0v) is 15.3. The molecule has 1 aromatic heterocycles. The Morgan fingerprint density at radius 2 is 1.77 bits per heavy atom. The monoisotopic (exact) mass is 390 g/mol. The summed E-state index contributed by atoms with van der Waals surface area (Å²) in [5.41, 5.74) is 1.81. The van der Waals surface area contributed by atoms with Crippen molar-refractivity contribution in [3.05, 3.63) is 76.2 Å². The molecule has 0 atom stereocenters. The van der Waals surface area contributed by atoms with Crippen LogP contribution in [0, 0.1) is 12.7 Å². The summed E-state index contributed by atoms with van der Waals surface area (Å²) in [7, 11) is -3.86. The maximum atomic E-state index is 12.9. The molecule has 0 unspecified atom stereocenters. The van der Waals surface area contributed by atoms with E-state index in [0.717, 1.165) is 29.0 Å². The number of sulfonamides is 1. The van der Waals surface area contributed by atoms with Crippen LogP contribution in [0.2, 0.25) is 0 Å². The summed E-state index contributed by atoms with van der Waals surface area (Å²) in [6.45, 7) is 1.87. The predicted molar refractivity (Wildman–Crippen MR) is 101 cm³/mol. The van der Waals surface area contributed by atoms with E-state index in [4.69, 9.17) is 0 Å². The fourth-order valence-electron chi connectivity index (χ4n) is 2.21. The molecule has 0 spiro atoms. The average Bonchev–Trinajstić information content (AvgIpc) is 3.10. The van der Waals surface area contributed by atoms with Gasteiger partial charge in [0, 0.05) is 16.8 Å². The van der Waals surface area contributed by atoms with E-state index in [-0.39, 0.29) is 21.4 Å². The molecule has 26 heavy (non-hydrogen) atoms. The topological polar surface area (TPSA) is 75.3 Å². The van der Waals surface area contributed by atoms with Crippen LogP contribution in [-0.2, 0) is 10.0 Å². The van der Waals surface area contributed by atoms with Gasteiger partial charge in [0.25, 0.3) is 15.9 Å². The lowest BCUT2D eigenvalue weighted by Crippen LogP contribution is -2.13. The molecule has 5 nitrogen and oxygen atoms in total. The maximum absolute atomic E-state index is 12.9. The van der Waals surface area contributed by atoms with Crippen LogP contribution in [0.25, 0.3) is 0 Å². The molecule has 3 rings (SSSR count). The van der Waals surface area contributed by atoms with Gasteiger partial charge in [-0.2, -0.15) is 0 Å². The lowest BCUT2D eigenvalue weighted by Gasteiger charge is -2.07. The van der Waals surface area contributed by atoms with Crippen molar-refractivity contribution in [2.75, 3.05) is 10.0 Å². The molecule has 0 saturated carbocycles. The molecule has 8 heteroatoms. The number of benzene rings is 2. The molecule has 3 aromatic rings. The Balaban J connectivity index is 1.77. The third-order valence-corrected chi connectivity index (χ3v) is 6.04. The molecule has 0 aliphatic rings. The van der Waals surface area contributed by atoms with E-state index < -0.39 is 15.8 Å². The molecule has 1 heterocycles. The summed E-state index contributed by atoms with van der Waals surface area (Å²) in [4.78, 5) is 12.6. The van der Waals surface area contributed by atoms with Gasteiger partial charge in [0.2, 0.25) is 0 Å². The number of carbonyl (C=O) groups excluding carboxylic acids is 1. The molecule has 0 saturated heterocycles. The number of halogens is 1. The summed E-state index contributed by atoms with van der Waals surface area (Å²) in [6.07, 6.45) is 0. The van der Waals surface area contributed by atoms with Gasteiger partial charge < -0.3 is 5.32 Å². The number of aryl methyl sites for hydroxylation is 1. The van der Waals surface area contributed by atoms with Crippen molar-refractivity contribution < 1.29 is 17.6 Å². The lowest BCUT2D eigenvalue weighted by atomic mass is 10.2. The van der Waals surface area contributed by atoms with Crippen LogP contribution in [0.3, 0.4) is 0 Å². The van der Waals surface area contributed by atoms with Crippen LogP contribution in [0.5, 0.6) is 0 Å². The molecule has 0 radical (unpaired) electrons. The Labute approximate surface area is 154 Å². The fourth-order valence-corrected chi connectivity index (χ4v) is 4.43. The van der Waals surface area contributed by atoms with E-state index in [2.05, 4.69) is 10.0 Å². The molecule has 0 aliphatic heterocycles. The van der Waals surface area contributed by atoms with Crippen molar-refractivity contribution in [2.45, 2.75) is 11.8 Å². The highest BCUT2D eigenvalue weighted by Crippen LogP contribution is 2.24. The van der Waals surface area contributed by atoms with Crippen LogP contribution >= 0.6 is 11.3 Å². The Bertz CT molecular complexity index is 1040. The predicted octanol–water partition coefficient (Wildman–Crippen LogP) is 4.25. The Hall–Kier alpha value is -2.71. The molecular formula is C18H15FN2O3S2. The average molecular weight is 390 g/mol. The second-order valence-corrected chi connectivity index (χ2v) is 8.12. The van der Waals surface area contributed by atoms with Crippen molar-refractivity contribution in [3.8, 4) is 0 Å². The van der Waals surface area contributed by atoms with Gasteiger partial charge in [0.15, 0.2) is 0 Å². The number of amides is 1. The summed E-state index contributed by atoms with van der Waals surface area (Å²) in [5.74, 6) is -0.842. The molecule has 0 fully saturated rings. The third-order valence-electron chi connectivity index (χ3n) is 3.60. The summed E-state index contributed by atoms with van der Waals surface area (Å²) >= 11 is 1.03. The van der Waals surface area contributed by atoms with E-state index in [1.807, 2.05) is 19.1 Å². The minimum Gasteiger partial charge on any atom is -0.321 e. The Morgan fingerprint density at radius 3 is 2.46 bits per heavy atom. The van der Waals surface area contributed by atoms with E-state index in [1.54, 1.807) is 12.1 Å². The first-order valence-electron chi connectivity index (χ1n) is 7.59. The lowest BCUT2D eigenvalue weighted by molar-refractivity contribution is 0.103. The number of anilines is 2. The SMILES string of the molecule is Cc1ccccc1NC(=O)c1cc(S(=O)(=O)Nc2ccc(F)cc2)cs1. The van der Waals surface area contributed by atoms with Gasteiger partial charge in [-0.05, 0) is 48.9 Å². The van der Waals surface area contributed by atoms with Gasteiger partial charge in [-0.25, -0.2) is 12.8 Å². The normalized spacial score (nSPS) is 11.2. The van der Waals surface area contributed by atoms with Crippen molar-refractivity contribution >= 4 is 38.6 Å². The number of nitrogens with one attached hydrogen (secondary N) is 2. The van der Waals surface area contributed by atoms with Crippen molar-refractivity contribution in [3.63, 3.8) is 0 Å². The third kappa shape index (κ3) is 4.09.